The summed E-state index contributed by atoms with van der Waals surface area (Å²) in [5, 5.41) is 3.40. The Bertz CT molecular complexity index is 549. The number of rotatable bonds is 6. The molecule has 1 heterocycles. The Hall–Kier alpha value is -2.03. The summed E-state index contributed by atoms with van der Waals surface area (Å²) < 4.78 is 5.79. The van der Waals surface area contributed by atoms with Crippen molar-refractivity contribution in [2.75, 3.05) is 11.9 Å². The van der Waals surface area contributed by atoms with Gasteiger partial charge in [0, 0.05) is 6.20 Å². The molecule has 0 radical (unpaired) electrons. The van der Waals surface area contributed by atoms with Crippen LogP contribution in [0.15, 0.2) is 36.5 Å². The average molecular weight is 270 g/mol. The van der Waals surface area contributed by atoms with Crippen molar-refractivity contribution in [3.63, 3.8) is 0 Å². The quantitative estimate of drug-likeness (QED) is 0.858. The van der Waals surface area contributed by atoms with E-state index in [1.807, 2.05) is 19.2 Å². The number of ether oxygens (including phenoxy) is 1. The number of hydrogen-bond acceptors (Lipinski definition) is 3. The van der Waals surface area contributed by atoms with Crippen molar-refractivity contribution in [1.29, 1.82) is 0 Å². The molecule has 0 aliphatic carbocycles. The van der Waals surface area contributed by atoms with E-state index < -0.39 is 0 Å². The monoisotopic (exact) mass is 270 g/mol. The van der Waals surface area contributed by atoms with Gasteiger partial charge in [-0.1, -0.05) is 19.1 Å². The van der Waals surface area contributed by atoms with Gasteiger partial charge in [0.25, 0.3) is 0 Å². The minimum Gasteiger partial charge on any atom is -0.491 e. The highest BCUT2D eigenvalue weighted by Crippen LogP contribution is 2.26. The molecule has 0 aliphatic rings. The molecule has 0 atom stereocenters. The topological polar surface area (TPSA) is 34.1 Å². The van der Waals surface area contributed by atoms with E-state index in [4.69, 9.17) is 4.74 Å². The van der Waals surface area contributed by atoms with E-state index in [1.165, 1.54) is 11.1 Å². The van der Waals surface area contributed by atoms with Crippen LogP contribution in [0.2, 0.25) is 0 Å². The summed E-state index contributed by atoms with van der Waals surface area (Å²) in [7, 11) is 0. The highest BCUT2D eigenvalue weighted by molar-refractivity contribution is 5.57. The first kappa shape index (κ1) is 14.4. The number of anilines is 1. The van der Waals surface area contributed by atoms with Crippen LogP contribution in [0.1, 0.15) is 30.2 Å². The van der Waals surface area contributed by atoms with Crippen molar-refractivity contribution in [3.8, 4) is 5.75 Å². The first-order chi connectivity index (χ1) is 9.69. The third-order valence-corrected chi connectivity index (χ3v) is 3.03. The van der Waals surface area contributed by atoms with Crippen molar-refractivity contribution in [2.45, 2.75) is 33.7 Å². The molecule has 1 aromatic carbocycles. The van der Waals surface area contributed by atoms with E-state index in [-0.39, 0.29) is 0 Å². The summed E-state index contributed by atoms with van der Waals surface area (Å²) in [6.45, 7) is 7.66. The number of aryl methyl sites for hydroxylation is 2. The molecule has 0 saturated heterocycles. The lowest BCUT2D eigenvalue weighted by atomic mass is 10.2. The molecule has 0 unspecified atom stereocenters. The van der Waals surface area contributed by atoms with E-state index in [9.17, 15) is 0 Å². The van der Waals surface area contributed by atoms with Crippen molar-refractivity contribution in [1.82, 2.24) is 4.98 Å². The Labute approximate surface area is 121 Å². The Morgan fingerprint density at radius 1 is 1.10 bits per heavy atom. The zero-order chi connectivity index (χ0) is 14.4. The number of hydrogen-bond donors (Lipinski definition) is 1. The first-order valence-electron chi connectivity index (χ1n) is 7.08. The van der Waals surface area contributed by atoms with Gasteiger partial charge >= 0.3 is 0 Å². The summed E-state index contributed by atoms with van der Waals surface area (Å²) in [6.07, 6.45) is 2.90. The maximum absolute atomic E-state index is 5.79. The summed E-state index contributed by atoms with van der Waals surface area (Å²) in [4.78, 5) is 4.40. The average Bonchev–Trinajstić information content (AvgIpc) is 2.46. The fourth-order valence-electron chi connectivity index (χ4n) is 1.90. The minimum atomic E-state index is 0.700. The molecule has 2 rings (SSSR count). The highest BCUT2D eigenvalue weighted by Gasteiger charge is 2.04. The van der Waals surface area contributed by atoms with Crippen LogP contribution >= 0.6 is 0 Å². The third kappa shape index (κ3) is 3.98. The Morgan fingerprint density at radius 3 is 2.60 bits per heavy atom. The van der Waals surface area contributed by atoms with E-state index in [2.05, 4.69) is 48.4 Å². The van der Waals surface area contributed by atoms with Gasteiger partial charge in [0.15, 0.2) is 0 Å². The molecular formula is C17H22N2O. The maximum atomic E-state index is 5.79. The van der Waals surface area contributed by atoms with E-state index >= 15 is 0 Å². The Kier molecular flexibility index (Phi) is 4.99. The summed E-state index contributed by atoms with van der Waals surface area (Å²) in [6, 6.07) is 10.3. The second-order valence-electron chi connectivity index (χ2n) is 5.03. The molecule has 3 nitrogen and oxygen atoms in total. The van der Waals surface area contributed by atoms with Gasteiger partial charge in [0.2, 0.25) is 0 Å². The van der Waals surface area contributed by atoms with Gasteiger partial charge in [-0.15, -0.1) is 0 Å². The summed E-state index contributed by atoms with van der Waals surface area (Å²) in [5.74, 6) is 0.916. The summed E-state index contributed by atoms with van der Waals surface area (Å²) in [5.41, 5.74) is 4.43. The molecule has 0 bridgehead atoms. The minimum absolute atomic E-state index is 0.700. The highest BCUT2D eigenvalue weighted by atomic mass is 16.5. The lowest BCUT2D eigenvalue weighted by molar-refractivity contribution is 0.318. The molecule has 0 saturated carbocycles. The predicted octanol–water partition coefficient (Wildman–Crippen LogP) is 4.10. The molecular weight excluding hydrogens is 248 g/mol. The molecule has 106 valence electrons. The van der Waals surface area contributed by atoms with Crippen LogP contribution in [-0.4, -0.2) is 11.6 Å². The number of nitrogens with one attached hydrogen (secondary N) is 1. The molecule has 1 N–H and O–H groups in total. The molecule has 20 heavy (non-hydrogen) atoms. The lowest BCUT2D eigenvalue weighted by Gasteiger charge is -2.13. The van der Waals surface area contributed by atoms with Crippen molar-refractivity contribution < 1.29 is 4.74 Å². The Morgan fingerprint density at radius 2 is 1.90 bits per heavy atom. The summed E-state index contributed by atoms with van der Waals surface area (Å²) >= 11 is 0. The van der Waals surface area contributed by atoms with Gasteiger partial charge in [-0.2, -0.15) is 0 Å². The molecule has 2 aromatic rings. The SMILES string of the molecule is CCCOc1cc(C)ccc1NCc1ccc(C)cn1. The van der Waals surface area contributed by atoms with Crippen LogP contribution < -0.4 is 10.1 Å². The largest absolute Gasteiger partial charge is 0.491 e. The standard InChI is InChI=1S/C17H22N2O/c1-4-9-20-17-10-13(2)6-8-16(17)19-12-15-7-5-14(3)11-18-15/h5-8,10-11,19H,4,9,12H2,1-3H3. The van der Waals surface area contributed by atoms with Crippen LogP contribution in [0.25, 0.3) is 0 Å². The number of nitrogens with zero attached hydrogens (tertiary/aromatic N) is 1. The van der Waals surface area contributed by atoms with E-state index in [1.54, 1.807) is 0 Å². The fraction of sp³-hybridized carbons (Fsp3) is 0.353. The maximum Gasteiger partial charge on any atom is 0.142 e. The van der Waals surface area contributed by atoms with E-state index in [0.29, 0.717) is 6.54 Å². The van der Waals surface area contributed by atoms with Crippen molar-refractivity contribution in [3.05, 3.63) is 53.3 Å². The van der Waals surface area contributed by atoms with Crippen molar-refractivity contribution in [2.24, 2.45) is 0 Å². The molecule has 3 heteroatoms. The van der Waals surface area contributed by atoms with Gasteiger partial charge in [-0.25, -0.2) is 0 Å². The van der Waals surface area contributed by atoms with Crippen LogP contribution in [0, 0.1) is 13.8 Å². The second-order valence-corrected chi connectivity index (χ2v) is 5.03. The smallest absolute Gasteiger partial charge is 0.142 e. The van der Waals surface area contributed by atoms with Gasteiger partial charge in [-0.05, 0) is 49.6 Å². The Balaban J connectivity index is 2.06. The zero-order valence-electron chi connectivity index (χ0n) is 12.4. The third-order valence-electron chi connectivity index (χ3n) is 3.03. The van der Waals surface area contributed by atoms with Crippen LogP contribution in [0.3, 0.4) is 0 Å². The number of benzene rings is 1. The van der Waals surface area contributed by atoms with Gasteiger partial charge in [-0.3, -0.25) is 4.98 Å². The number of aromatic nitrogens is 1. The normalized spacial score (nSPS) is 10.3. The van der Waals surface area contributed by atoms with E-state index in [0.717, 1.165) is 30.2 Å². The molecule has 0 aliphatic heterocycles. The van der Waals surface area contributed by atoms with Gasteiger partial charge in [0.05, 0.1) is 24.5 Å². The van der Waals surface area contributed by atoms with Crippen LogP contribution in [-0.2, 0) is 6.54 Å². The first-order valence-corrected chi connectivity index (χ1v) is 7.08. The van der Waals surface area contributed by atoms with Crippen LogP contribution in [0.5, 0.6) is 5.75 Å². The molecule has 1 aromatic heterocycles. The predicted molar refractivity (Wildman–Crippen MR) is 83.3 cm³/mol. The number of pyridine rings is 1. The molecule has 0 amide bonds. The van der Waals surface area contributed by atoms with Gasteiger partial charge in [0.1, 0.15) is 5.75 Å². The fourth-order valence-corrected chi connectivity index (χ4v) is 1.90. The molecule has 0 spiro atoms. The zero-order valence-corrected chi connectivity index (χ0v) is 12.4. The van der Waals surface area contributed by atoms with Crippen molar-refractivity contribution >= 4 is 5.69 Å². The van der Waals surface area contributed by atoms with Crippen LogP contribution in [0.4, 0.5) is 5.69 Å². The van der Waals surface area contributed by atoms with Gasteiger partial charge < -0.3 is 10.1 Å². The lowest BCUT2D eigenvalue weighted by Crippen LogP contribution is -2.05. The molecule has 0 fully saturated rings. The second kappa shape index (κ2) is 6.94.